The zero-order valence-electron chi connectivity index (χ0n) is 9.74. The van der Waals surface area contributed by atoms with Gasteiger partial charge in [0.15, 0.2) is 5.78 Å². The van der Waals surface area contributed by atoms with Crippen LogP contribution in [-0.4, -0.2) is 16.9 Å². The lowest BCUT2D eigenvalue weighted by atomic mass is 10.0. The van der Waals surface area contributed by atoms with E-state index in [1.807, 2.05) is 12.1 Å². The smallest absolute Gasteiger partial charge is 0.303 e. The minimum atomic E-state index is -0.732. The molecule has 1 aliphatic carbocycles. The van der Waals surface area contributed by atoms with Crippen molar-refractivity contribution >= 4 is 11.8 Å². The molecule has 0 unspecified atom stereocenters. The Morgan fingerprint density at radius 1 is 1.24 bits per heavy atom. The van der Waals surface area contributed by atoms with Crippen LogP contribution < -0.4 is 0 Å². The van der Waals surface area contributed by atoms with Gasteiger partial charge in [-0.05, 0) is 36.8 Å². The number of benzene rings is 1. The van der Waals surface area contributed by atoms with Gasteiger partial charge in [0.25, 0.3) is 0 Å². The van der Waals surface area contributed by atoms with Crippen molar-refractivity contribution in [2.45, 2.75) is 38.5 Å². The van der Waals surface area contributed by atoms with Crippen LogP contribution in [0.3, 0.4) is 0 Å². The van der Waals surface area contributed by atoms with Crippen molar-refractivity contribution in [3.05, 3.63) is 34.9 Å². The van der Waals surface area contributed by atoms with Crippen LogP contribution in [0.4, 0.5) is 0 Å². The number of carboxylic acid groups (broad SMARTS) is 1. The maximum atomic E-state index is 11.4. The summed E-state index contributed by atoms with van der Waals surface area (Å²) in [4.78, 5) is 21.8. The van der Waals surface area contributed by atoms with Gasteiger partial charge in [0.1, 0.15) is 0 Å². The Morgan fingerprint density at radius 2 is 2.06 bits per heavy atom. The normalized spacial score (nSPS) is 13.8. The summed E-state index contributed by atoms with van der Waals surface area (Å²) in [6.07, 6.45) is 4.23. The third-order valence-electron chi connectivity index (χ3n) is 3.20. The van der Waals surface area contributed by atoms with Crippen LogP contribution in [0.15, 0.2) is 18.2 Å². The van der Waals surface area contributed by atoms with Gasteiger partial charge in [0, 0.05) is 18.4 Å². The summed E-state index contributed by atoms with van der Waals surface area (Å²) < 4.78 is 0. The van der Waals surface area contributed by atoms with E-state index in [1.54, 1.807) is 0 Å². The highest BCUT2D eigenvalue weighted by molar-refractivity contribution is 6.00. The van der Waals surface area contributed by atoms with Crippen molar-refractivity contribution in [3.63, 3.8) is 0 Å². The molecule has 2 rings (SSSR count). The molecule has 0 aliphatic heterocycles. The molecule has 0 radical (unpaired) electrons. The van der Waals surface area contributed by atoms with Crippen molar-refractivity contribution in [1.82, 2.24) is 0 Å². The summed E-state index contributed by atoms with van der Waals surface area (Å²) >= 11 is 0. The van der Waals surface area contributed by atoms with E-state index in [1.165, 1.54) is 5.56 Å². The maximum Gasteiger partial charge on any atom is 0.303 e. The number of aryl methyl sites for hydroxylation is 2. The molecule has 1 aromatic rings. The van der Waals surface area contributed by atoms with Gasteiger partial charge in [0.2, 0.25) is 0 Å². The first kappa shape index (κ1) is 11.8. The lowest BCUT2D eigenvalue weighted by molar-refractivity contribution is -0.137. The molecule has 17 heavy (non-hydrogen) atoms. The standard InChI is InChI=1S/C14H16O3/c15-13-8-6-11-9-10(5-7-12(11)13)3-1-2-4-14(16)17/h5,7,9H,1-4,6,8H2,(H,16,17). The summed E-state index contributed by atoms with van der Waals surface area (Å²) in [5, 5.41) is 8.53. The molecule has 1 aliphatic rings. The Labute approximate surface area is 100 Å². The summed E-state index contributed by atoms with van der Waals surface area (Å²) in [6.45, 7) is 0. The summed E-state index contributed by atoms with van der Waals surface area (Å²) in [7, 11) is 0. The number of Topliss-reactive ketones (excluding diaryl/α,β-unsaturated/α-hetero) is 1. The Hall–Kier alpha value is -1.64. The number of fused-ring (bicyclic) bond motifs is 1. The fourth-order valence-electron chi connectivity index (χ4n) is 2.27. The fourth-order valence-corrected chi connectivity index (χ4v) is 2.27. The van der Waals surface area contributed by atoms with Gasteiger partial charge >= 0.3 is 5.97 Å². The number of carbonyl (C=O) groups excluding carboxylic acids is 1. The third-order valence-corrected chi connectivity index (χ3v) is 3.20. The van der Waals surface area contributed by atoms with E-state index in [0.29, 0.717) is 12.8 Å². The average molecular weight is 232 g/mol. The maximum absolute atomic E-state index is 11.4. The van der Waals surface area contributed by atoms with Crippen LogP contribution in [0.1, 0.15) is 47.2 Å². The third kappa shape index (κ3) is 2.93. The largest absolute Gasteiger partial charge is 0.481 e. The molecule has 3 heteroatoms. The number of unbranched alkanes of at least 4 members (excludes halogenated alkanes) is 1. The van der Waals surface area contributed by atoms with E-state index in [2.05, 4.69) is 6.07 Å². The highest BCUT2D eigenvalue weighted by Crippen LogP contribution is 2.23. The Bertz CT molecular complexity index is 449. The SMILES string of the molecule is O=C(O)CCCCc1ccc2c(c1)CCC2=O. The molecule has 0 bridgehead atoms. The molecule has 0 atom stereocenters. The number of rotatable bonds is 5. The van der Waals surface area contributed by atoms with Crippen molar-refractivity contribution in [1.29, 1.82) is 0 Å². The number of aliphatic carboxylic acids is 1. The van der Waals surface area contributed by atoms with Crippen molar-refractivity contribution in [3.8, 4) is 0 Å². The van der Waals surface area contributed by atoms with Gasteiger partial charge in [-0.25, -0.2) is 0 Å². The molecule has 0 heterocycles. The topological polar surface area (TPSA) is 54.4 Å². The van der Waals surface area contributed by atoms with Crippen molar-refractivity contribution in [2.75, 3.05) is 0 Å². The first-order chi connectivity index (χ1) is 8.16. The van der Waals surface area contributed by atoms with Gasteiger partial charge in [-0.15, -0.1) is 0 Å². The summed E-state index contributed by atoms with van der Waals surface area (Å²) in [6, 6.07) is 6.00. The molecule has 0 spiro atoms. The zero-order valence-corrected chi connectivity index (χ0v) is 9.74. The molecule has 0 aromatic heterocycles. The minimum absolute atomic E-state index is 0.240. The van der Waals surface area contributed by atoms with Gasteiger partial charge in [-0.2, -0.15) is 0 Å². The van der Waals surface area contributed by atoms with E-state index < -0.39 is 5.97 Å². The molecule has 0 saturated heterocycles. The molecule has 0 fully saturated rings. The zero-order chi connectivity index (χ0) is 12.3. The van der Waals surface area contributed by atoms with Gasteiger partial charge in [0.05, 0.1) is 0 Å². The van der Waals surface area contributed by atoms with Crippen LogP contribution in [0.5, 0.6) is 0 Å². The summed E-state index contributed by atoms with van der Waals surface area (Å²) in [5.74, 6) is -0.484. The van der Waals surface area contributed by atoms with Crippen molar-refractivity contribution < 1.29 is 14.7 Å². The van der Waals surface area contributed by atoms with Crippen LogP contribution in [0.25, 0.3) is 0 Å². The molecule has 3 nitrogen and oxygen atoms in total. The second kappa shape index (κ2) is 5.13. The first-order valence-electron chi connectivity index (χ1n) is 6.03. The van der Waals surface area contributed by atoms with E-state index in [9.17, 15) is 9.59 Å². The molecular weight excluding hydrogens is 216 g/mol. The van der Waals surface area contributed by atoms with Crippen molar-refractivity contribution in [2.24, 2.45) is 0 Å². The molecule has 0 amide bonds. The monoisotopic (exact) mass is 232 g/mol. The lowest BCUT2D eigenvalue weighted by Crippen LogP contribution is -1.96. The van der Waals surface area contributed by atoms with E-state index in [-0.39, 0.29) is 12.2 Å². The molecule has 1 N–H and O–H groups in total. The molecular formula is C14H16O3. The van der Waals surface area contributed by atoms with E-state index >= 15 is 0 Å². The number of carboxylic acids is 1. The van der Waals surface area contributed by atoms with E-state index in [4.69, 9.17) is 5.11 Å². The summed E-state index contributed by atoms with van der Waals surface area (Å²) in [5.41, 5.74) is 3.24. The average Bonchev–Trinajstić information content (AvgIpc) is 2.66. The number of carbonyl (C=O) groups is 2. The van der Waals surface area contributed by atoms with Crippen LogP contribution in [0.2, 0.25) is 0 Å². The molecule has 0 saturated carbocycles. The number of hydrogen-bond donors (Lipinski definition) is 1. The van der Waals surface area contributed by atoms with E-state index in [0.717, 1.165) is 30.4 Å². The van der Waals surface area contributed by atoms with Crippen LogP contribution in [-0.2, 0) is 17.6 Å². The quantitative estimate of drug-likeness (QED) is 0.794. The molecule has 1 aromatic carbocycles. The Balaban J connectivity index is 1.90. The van der Waals surface area contributed by atoms with Crippen LogP contribution in [0, 0.1) is 0 Å². The Morgan fingerprint density at radius 3 is 2.82 bits per heavy atom. The highest BCUT2D eigenvalue weighted by Gasteiger charge is 2.18. The van der Waals surface area contributed by atoms with Crippen LogP contribution >= 0.6 is 0 Å². The second-order valence-electron chi connectivity index (χ2n) is 4.52. The predicted molar refractivity (Wildman–Crippen MR) is 64.3 cm³/mol. The molecule has 90 valence electrons. The Kier molecular flexibility index (Phi) is 3.57. The van der Waals surface area contributed by atoms with Gasteiger partial charge in [-0.3, -0.25) is 9.59 Å². The lowest BCUT2D eigenvalue weighted by Gasteiger charge is -2.03. The second-order valence-corrected chi connectivity index (χ2v) is 4.52. The highest BCUT2D eigenvalue weighted by atomic mass is 16.4. The number of hydrogen-bond acceptors (Lipinski definition) is 2. The first-order valence-corrected chi connectivity index (χ1v) is 6.03. The minimum Gasteiger partial charge on any atom is -0.481 e. The predicted octanol–water partition coefficient (Wildman–Crippen LogP) is 2.61. The van der Waals surface area contributed by atoms with Gasteiger partial charge < -0.3 is 5.11 Å². The number of ketones is 1. The fraction of sp³-hybridized carbons (Fsp3) is 0.429. The van der Waals surface area contributed by atoms with Gasteiger partial charge in [-0.1, -0.05) is 18.2 Å².